The van der Waals surface area contributed by atoms with Crippen molar-refractivity contribution in [1.29, 1.82) is 0 Å². The average Bonchev–Trinajstić information content (AvgIpc) is 2.90. The van der Waals surface area contributed by atoms with E-state index in [4.69, 9.17) is 4.74 Å². The lowest BCUT2D eigenvalue weighted by Gasteiger charge is -2.35. The third kappa shape index (κ3) is 6.25. The molecule has 1 aliphatic heterocycles. The molecule has 0 fully saturated rings. The summed E-state index contributed by atoms with van der Waals surface area (Å²) in [7, 11) is -3.04. The molecule has 1 aromatic heterocycles. The third-order valence-corrected chi connectivity index (χ3v) is 7.43. The van der Waals surface area contributed by atoms with Gasteiger partial charge in [0.25, 0.3) is 10.0 Å². The number of hydrogen-bond donors (Lipinski definition) is 0. The second-order valence-electron chi connectivity index (χ2n) is 8.18. The molecule has 0 aliphatic carbocycles. The van der Waals surface area contributed by atoms with E-state index in [1.165, 1.54) is 49.7 Å². The second-order valence-corrected chi connectivity index (χ2v) is 10.0. The summed E-state index contributed by atoms with van der Waals surface area (Å²) in [5.74, 6) is -1.08. The minimum Gasteiger partial charge on any atom is -0.486 e. The van der Waals surface area contributed by atoms with Gasteiger partial charge in [0, 0.05) is 18.7 Å². The van der Waals surface area contributed by atoms with E-state index in [9.17, 15) is 26.4 Å². The number of nitrogens with zero attached hydrogens (tertiary/aromatic N) is 2. The number of halogens is 3. The number of benzene rings is 2. The SMILES string of the molecule is COC(=O)CCC1CN(S(=O)(=O)c2cccc(OC(F)F)c2)c2cc(C=Cc3ncccc3F)ccc2O1. The Morgan fingerprint density at radius 2 is 2.00 bits per heavy atom. The van der Waals surface area contributed by atoms with E-state index < -0.39 is 34.5 Å². The summed E-state index contributed by atoms with van der Waals surface area (Å²) < 4.78 is 83.0. The van der Waals surface area contributed by atoms with Crippen LogP contribution in [0.25, 0.3) is 12.2 Å². The normalized spacial score (nSPS) is 15.3. The van der Waals surface area contributed by atoms with E-state index in [2.05, 4.69) is 14.5 Å². The average molecular weight is 549 g/mol. The van der Waals surface area contributed by atoms with Crippen LogP contribution >= 0.6 is 0 Å². The van der Waals surface area contributed by atoms with Crippen LogP contribution in [0.4, 0.5) is 18.9 Å². The van der Waals surface area contributed by atoms with E-state index in [1.54, 1.807) is 24.3 Å². The highest BCUT2D eigenvalue weighted by molar-refractivity contribution is 7.92. The lowest BCUT2D eigenvalue weighted by molar-refractivity contribution is -0.141. The van der Waals surface area contributed by atoms with E-state index >= 15 is 0 Å². The highest BCUT2D eigenvalue weighted by atomic mass is 32.2. The van der Waals surface area contributed by atoms with Gasteiger partial charge in [0.15, 0.2) is 0 Å². The lowest BCUT2D eigenvalue weighted by atomic mass is 10.1. The number of ether oxygens (including phenoxy) is 3. The molecule has 0 radical (unpaired) electrons. The minimum atomic E-state index is -4.29. The van der Waals surface area contributed by atoms with Gasteiger partial charge in [0.1, 0.15) is 23.4 Å². The molecule has 0 saturated carbocycles. The van der Waals surface area contributed by atoms with Crippen molar-refractivity contribution in [2.75, 3.05) is 18.0 Å². The van der Waals surface area contributed by atoms with Crippen LogP contribution in [-0.4, -0.2) is 45.7 Å². The van der Waals surface area contributed by atoms with Crippen LogP contribution in [-0.2, 0) is 19.6 Å². The molecule has 3 aromatic rings. The van der Waals surface area contributed by atoms with Gasteiger partial charge in [-0.05, 0) is 54.5 Å². The number of alkyl halides is 2. The summed E-state index contributed by atoms with van der Waals surface area (Å²) in [5, 5.41) is 0. The first-order valence-electron chi connectivity index (χ1n) is 11.4. The van der Waals surface area contributed by atoms with Crippen LogP contribution in [0.1, 0.15) is 24.1 Å². The van der Waals surface area contributed by atoms with Gasteiger partial charge in [-0.15, -0.1) is 0 Å². The molecule has 1 unspecified atom stereocenters. The monoisotopic (exact) mass is 548 g/mol. The zero-order chi connectivity index (χ0) is 27.3. The van der Waals surface area contributed by atoms with Crippen molar-refractivity contribution in [1.82, 2.24) is 4.98 Å². The molecule has 4 rings (SSSR count). The summed E-state index contributed by atoms with van der Waals surface area (Å²) >= 11 is 0. The van der Waals surface area contributed by atoms with E-state index in [1.807, 2.05) is 0 Å². The Kier molecular flexibility index (Phi) is 8.20. The predicted octanol–water partition coefficient (Wildman–Crippen LogP) is 4.90. The summed E-state index contributed by atoms with van der Waals surface area (Å²) in [6.45, 7) is -3.29. The largest absolute Gasteiger partial charge is 0.486 e. The Morgan fingerprint density at radius 3 is 2.74 bits per heavy atom. The number of aromatic nitrogens is 1. The molecule has 0 N–H and O–H groups in total. The Labute approximate surface area is 217 Å². The van der Waals surface area contributed by atoms with Crippen LogP contribution in [0.5, 0.6) is 11.5 Å². The maximum atomic E-state index is 14.0. The Bertz CT molecular complexity index is 1450. The van der Waals surface area contributed by atoms with Gasteiger partial charge in [-0.25, -0.2) is 12.8 Å². The maximum absolute atomic E-state index is 14.0. The number of methoxy groups -OCH3 is 1. The maximum Gasteiger partial charge on any atom is 0.387 e. The summed E-state index contributed by atoms with van der Waals surface area (Å²) in [6.07, 6.45) is 3.94. The number of sulfonamides is 1. The molecular formula is C26H23F3N2O6S. The molecule has 0 bridgehead atoms. The summed E-state index contributed by atoms with van der Waals surface area (Å²) in [5.41, 5.74) is 0.813. The van der Waals surface area contributed by atoms with Gasteiger partial charge < -0.3 is 14.2 Å². The predicted molar refractivity (Wildman–Crippen MR) is 133 cm³/mol. The Balaban J connectivity index is 1.72. The second kappa shape index (κ2) is 11.5. The van der Waals surface area contributed by atoms with Crippen LogP contribution in [0.2, 0.25) is 0 Å². The summed E-state index contributed by atoms with van der Waals surface area (Å²) in [6, 6.07) is 12.3. The van der Waals surface area contributed by atoms with Crippen molar-refractivity contribution in [2.24, 2.45) is 0 Å². The zero-order valence-corrected chi connectivity index (χ0v) is 20.9. The van der Waals surface area contributed by atoms with Gasteiger partial charge >= 0.3 is 12.6 Å². The van der Waals surface area contributed by atoms with Gasteiger partial charge in [-0.1, -0.05) is 18.2 Å². The smallest absolute Gasteiger partial charge is 0.387 e. The van der Waals surface area contributed by atoms with Crippen LogP contribution < -0.4 is 13.8 Å². The molecule has 1 aliphatic rings. The van der Waals surface area contributed by atoms with E-state index in [0.717, 1.165) is 10.4 Å². The highest BCUT2D eigenvalue weighted by Gasteiger charge is 2.35. The molecule has 0 saturated heterocycles. The van der Waals surface area contributed by atoms with Crippen molar-refractivity contribution in [3.63, 3.8) is 0 Å². The van der Waals surface area contributed by atoms with Crippen molar-refractivity contribution >= 4 is 33.8 Å². The molecular weight excluding hydrogens is 525 g/mol. The fraction of sp³-hybridized carbons (Fsp3) is 0.231. The standard InChI is InChI=1S/C26H23F3N2O6S/c1-35-25(32)12-9-19-16-31(38(33,34)20-5-2-4-18(15-20)37-26(28)29)23-14-17(8-11-24(23)36-19)7-10-22-21(27)6-3-13-30-22/h2-8,10-11,13-15,19,26H,9,12,16H2,1H3. The highest BCUT2D eigenvalue weighted by Crippen LogP contribution is 2.39. The molecule has 2 aromatic carbocycles. The van der Waals surface area contributed by atoms with E-state index in [0.29, 0.717) is 5.56 Å². The first kappa shape index (κ1) is 27.0. The zero-order valence-electron chi connectivity index (χ0n) is 20.1. The minimum absolute atomic E-state index is 0.00143. The van der Waals surface area contributed by atoms with Crippen molar-refractivity contribution in [2.45, 2.75) is 30.5 Å². The van der Waals surface area contributed by atoms with Gasteiger partial charge in [0.05, 0.1) is 29.9 Å². The first-order valence-corrected chi connectivity index (χ1v) is 12.8. The number of hydrogen-bond acceptors (Lipinski definition) is 7. The molecule has 0 amide bonds. The first-order chi connectivity index (χ1) is 18.2. The van der Waals surface area contributed by atoms with Crippen molar-refractivity contribution < 1.29 is 40.6 Å². The summed E-state index contributed by atoms with van der Waals surface area (Å²) in [4.78, 5) is 15.3. The van der Waals surface area contributed by atoms with Gasteiger partial charge in [0.2, 0.25) is 0 Å². The van der Waals surface area contributed by atoms with E-state index in [-0.39, 0.29) is 47.2 Å². The van der Waals surface area contributed by atoms with Crippen molar-refractivity contribution in [3.8, 4) is 11.5 Å². The van der Waals surface area contributed by atoms with Crippen LogP contribution in [0.15, 0.2) is 65.7 Å². The molecule has 8 nitrogen and oxygen atoms in total. The van der Waals surface area contributed by atoms with Gasteiger partial charge in [-0.2, -0.15) is 8.78 Å². The quantitative estimate of drug-likeness (QED) is 0.351. The lowest BCUT2D eigenvalue weighted by Crippen LogP contribution is -2.43. The number of fused-ring (bicyclic) bond motifs is 1. The number of pyridine rings is 1. The van der Waals surface area contributed by atoms with Gasteiger partial charge in [-0.3, -0.25) is 14.1 Å². The number of rotatable bonds is 9. The molecule has 38 heavy (non-hydrogen) atoms. The molecule has 200 valence electrons. The van der Waals surface area contributed by atoms with Crippen LogP contribution in [0.3, 0.4) is 0 Å². The van der Waals surface area contributed by atoms with Crippen LogP contribution in [0, 0.1) is 5.82 Å². The molecule has 2 heterocycles. The third-order valence-electron chi connectivity index (χ3n) is 5.65. The molecule has 12 heteroatoms. The number of anilines is 1. The van der Waals surface area contributed by atoms with Crippen molar-refractivity contribution in [3.05, 3.63) is 77.9 Å². The fourth-order valence-electron chi connectivity index (χ4n) is 3.83. The number of esters is 1. The fourth-order valence-corrected chi connectivity index (χ4v) is 5.36. The topological polar surface area (TPSA) is 95.0 Å². The molecule has 0 spiro atoms. The Morgan fingerprint density at radius 1 is 1.18 bits per heavy atom. The Hall–Kier alpha value is -4.06. The molecule has 1 atom stereocenters. The number of carbonyl (C=O) groups excluding carboxylic acids is 1. The number of carbonyl (C=O) groups is 1.